The highest BCUT2D eigenvalue weighted by Crippen LogP contribution is 2.20. The van der Waals surface area contributed by atoms with E-state index in [0.29, 0.717) is 10.8 Å². The van der Waals surface area contributed by atoms with Crippen LogP contribution in [0.5, 0.6) is 0 Å². The number of hydrogen-bond acceptors (Lipinski definition) is 6. The molecule has 0 aliphatic carbocycles. The zero-order chi connectivity index (χ0) is 23.7. The number of halogens is 1. The van der Waals surface area contributed by atoms with E-state index in [9.17, 15) is 14.7 Å². The summed E-state index contributed by atoms with van der Waals surface area (Å²) < 4.78 is 1.43. The predicted octanol–water partition coefficient (Wildman–Crippen LogP) is 3.36. The summed E-state index contributed by atoms with van der Waals surface area (Å²) in [5, 5.41) is 13.7. The van der Waals surface area contributed by atoms with Gasteiger partial charge in [0.1, 0.15) is 11.5 Å². The molecule has 4 aromatic rings. The van der Waals surface area contributed by atoms with Gasteiger partial charge in [-0.05, 0) is 54.8 Å². The van der Waals surface area contributed by atoms with Crippen molar-refractivity contribution in [2.45, 2.75) is 26.9 Å². The number of pyridine rings is 2. The standard InChI is InChI=1S/C23H21ClN6O3/c1-12-5-20(25)28-13(2)17(12)9-27-22(31)19-11-30(21(29-19)23(32)33)10-14-3-4-18-15(6-14)7-16(24)8-26-18/h3-8,11H,9-10H2,1-2H3,(H2,25,28)(H,27,31)(H,32,33). The Kier molecular flexibility index (Phi) is 5.97. The lowest BCUT2D eigenvalue weighted by Gasteiger charge is -2.10. The number of fused-ring (bicyclic) bond motifs is 1. The maximum atomic E-state index is 12.7. The molecule has 0 aliphatic heterocycles. The number of carbonyl (C=O) groups is 2. The topological polar surface area (TPSA) is 136 Å². The molecule has 1 amide bonds. The molecule has 1 aromatic carbocycles. The smallest absolute Gasteiger partial charge is 0.372 e. The number of imidazole rings is 1. The molecule has 4 N–H and O–H groups in total. The van der Waals surface area contributed by atoms with Crippen molar-refractivity contribution in [1.29, 1.82) is 0 Å². The molecular formula is C23H21ClN6O3. The molecule has 0 radical (unpaired) electrons. The second-order valence-corrected chi connectivity index (χ2v) is 8.11. The van der Waals surface area contributed by atoms with E-state index in [1.807, 2.05) is 32.0 Å². The van der Waals surface area contributed by atoms with Crippen molar-refractivity contribution < 1.29 is 14.7 Å². The highest BCUT2D eigenvalue weighted by molar-refractivity contribution is 6.31. The number of nitrogen functional groups attached to an aromatic ring is 1. The van der Waals surface area contributed by atoms with Crippen molar-refractivity contribution in [3.8, 4) is 0 Å². The van der Waals surface area contributed by atoms with Gasteiger partial charge in [0, 0.05) is 36.6 Å². The molecule has 0 atom stereocenters. The quantitative estimate of drug-likeness (QED) is 0.398. The second-order valence-electron chi connectivity index (χ2n) is 7.67. The van der Waals surface area contributed by atoms with E-state index in [-0.39, 0.29) is 24.6 Å². The SMILES string of the molecule is Cc1cc(N)nc(C)c1CNC(=O)c1cn(Cc2ccc3ncc(Cl)cc3c2)c(C(=O)O)n1. The summed E-state index contributed by atoms with van der Waals surface area (Å²) in [5.41, 5.74) is 9.82. The number of nitrogens with zero attached hydrogens (tertiary/aromatic N) is 4. The monoisotopic (exact) mass is 464 g/mol. The lowest BCUT2D eigenvalue weighted by Crippen LogP contribution is -2.24. The Labute approximate surface area is 194 Å². The largest absolute Gasteiger partial charge is 0.475 e. The Morgan fingerprint density at radius 3 is 2.70 bits per heavy atom. The molecule has 0 bridgehead atoms. The van der Waals surface area contributed by atoms with Gasteiger partial charge in [0.2, 0.25) is 5.82 Å². The van der Waals surface area contributed by atoms with Crippen molar-refractivity contribution in [1.82, 2.24) is 24.8 Å². The van der Waals surface area contributed by atoms with Gasteiger partial charge in [0.25, 0.3) is 5.91 Å². The van der Waals surface area contributed by atoms with Gasteiger partial charge in [0.05, 0.1) is 10.5 Å². The lowest BCUT2D eigenvalue weighted by molar-refractivity contribution is 0.0678. The predicted molar refractivity (Wildman–Crippen MR) is 124 cm³/mol. The summed E-state index contributed by atoms with van der Waals surface area (Å²) in [6.45, 7) is 4.13. The lowest BCUT2D eigenvalue weighted by atomic mass is 10.1. The van der Waals surface area contributed by atoms with Gasteiger partial charge in [-0.15, -0.1) is 0 Å². The Morgan fingerprint density at radius 2 is 1.97 bits per heavy atom. The summed E-state index contributed by atoms with van der Waals surface area (Å²) >= 11 is 6.03. The number of carboxylic acid groups (broad SMARTS) is 1. The molecule has 3 aromatic heterocycles. The number of aryl methyl sites for hydroxylation is 2. The third kappa shape index (κ3) is 4.78. The number of benzene rings is 1. The van der Waals surface area contributed by atoms with Crippen LogP contribution in [0.25, 0.3) is 10.9 Å². The van der Waals surface area contributed by atoms with Crippen LogP contribution in [0.15, 0.2) is 42.7 Å². The second kappa shape index (κ2) is 8.87. The minimum atomic E-state index is -1.23. The molecule has 0 saturated heterocycles. The highest BCUT2D eigenvalue weighted by Gasteiger charge is 2.19. The number of nitrogens with two attached hydrogens (primary N) is 1. The van der Waals surface area contributed by atoms with Gasteiger partial charge in [-0.3, -0.25) is 9.78 Å². The van der Waals surface area contributed by atoms with Gasteiger partial charge < -0.3 is 20.7 Å². The van der Waals surface area contributed by atoms with Gasteiger partial charge in [0.15, 0.2) is 0 Å². The zero-order valence-electron chi connectivity index (χ0n) is 18.0. The average Bonchev–Trinajstić information content (AvgIpc) is 3.16. The molecule has 168 valence electrons. The molecule has 0 spiro atoms. The zero-order valence-corrected chi connectivity index (χ0v) is 18.7. The van der Waals surface area contributed by atoms with E-state index in [0.717, 1.165) is 33.3 Å². The molecule has 0 aliphatic rings. The maximum absolute atomic E-state index is 12.7. The first-order valence-corrected chi connectivity index (χ1v) is 10.4. The highest BCUT2D eigenvalue weighted by atomic mass is 35.5. The van der Waals surface area contributed by atoms with Crippen molar-refractivity contribution in [3.05, 3.63) is 81.7 Å². The molecule has 3 heterocycles. The Bertz CT molecular complexity index is 1380. The van der Waals surface area contributed by atoms with Gasteiger partial charge in [-0.25, -0.2) is 14.8 Å². The van der Waals surface area contributed by atoms with Crippen LogP contribution in [0.3, 0.4) is 0 Å². The summed E-state index contributed by atoms with van der Waals surface area (Å²) in [6, 6.07) is 9.07. The van der Waals surface area contributed by atoms with Gasteiger partial charge >= 0.3 is 5.97 Å². The number of carboxylic acids is 1. The van der Waals surface area contributed by atoms with Gasteiger partial charge in [-0.1, -0.05) is 17.7 Å². The number of rotatable bonds is 6. The van der Waals surface area contributed by atoms with Crippen LogP contribution in [0.4, 0.5) is 5.82 Å². The van der Waals surface area contributed by atoms with Crippen LogP contribution in [-0.4, -0.2) is 36.5 Å². The van der Waals surface area contributed by atoms with E-state index in [1.54, 1.807) is 18.3 Å². The summed E-state index contributed by atoms with van der Waals surface area (Å²) in [7, 11) is 0. The third-order valence-electron chi connectivity index (χ3n) is 5.27. The third-order valence-corrected chi connectivity index (χ3v) is 5.47. The molecule has 0 unspecified atom stereocenters. The van der Waals surface area contributed by atoms with E-state index in [4.69, 9.17) is 17.3 Å². The number of hydrogen-bond donors (Lipinski definition) is 3. The van der Waals surface area contributed by atoms with Crippen LogP contribution in [0.2, 0.25) is 5.02 Å². The first-order valence-electron chi connectivity index (χ1n) is 10.1. The number of amides is 1. The van der Waals surface area contributed by atoms with Crippen molar-refractivity contribution in [3.63, 3.8) is 0 Å². The number of carbonyl (C=O) groups excluding carboxylic acids is 1. The first kappa shape index (κ1) is 22.2. The fourth-order valence-corrected chi connectivity index (χ4v) is 3.85. The van der Waals surface area contributed by atoms with Crippen LogP contribution in [-0.2, 0) is 13.1 Å². The fourth-order valence-electron chi connectivity index (χ4n) is 3.68. The van der Waals surface area contributed by atoms with E-state index < -0.39 is 11.9 Å². The molecule has 0 fully saturated rings. The maximum Gasteiger partial charge on any atom is 0.372 e. The molecule has 33 heavy (non-hydrogen) atoms. The Morgan fingerprint density at radius 1 is 1.18 bits per heavy atom. The Balaban J connectivity index is 1.56. The summed E-state index contributed by atoms with van der Waals surface area (Å²) in [6.07, 6.45) is 3.00. The van der Waals surface area contributed by atoms with Gasteiger partial charge in [-0.2, -0.15) is 0 Å². The fraction of sp³-hybridized carbons (Fsp3) is 0.174. The minimum Gasteiger partial charge on any atom is -0.475 e. The van der Waals surface area contributed by atoms with Crippen LogP contribution < -0.4 is 11.1 Å². The minimum absolute atomic E-state index is 0.0108. The van der Waals surface area contributed by atoms with Crippen LogP contribution >= 0.6 is 11.6 Å². The molecule has 0 saturated carbocycles. The average molecular weight is 465 g/mol. The van der Waals surface area contributed by atoms with Crippen molar-refractivity contribution >= 4 is 40.2 Å². The number of nitrogens with one attached hydrogen (secondary N) is 1. The van der Waals surface area contributed by atoms with Crippen LogP contribution in [0, 0.1) is 13.8 Å². The van der Waals surface area contributed by atoms with E-state index in [1.165, 1.54) is 10.8 Å². The number of aromatic carboxylic acids is 1. The first-order chi connectivity index (χ1) is 15.7. The number of aromatic nitrogens is 4. The Hall–Kier alpha value is -3.98. The molecule has 4 rings (SSSR count). The molecule has 10 heteroatoms. The summed E-state index contributed by atoms with van der Waals surface area (Å²) in [4.78, 5) is 37.0. The molecular weight excluding hydrogens is 444 g/mol. The van der Waals surface area contributed by atoms with Crippen LogP contribution in [0.1, 0.15) is 43.5 Å². The van der Waals surface area contributed by atoms with Crippen molar-refractivity contribution in [2.24, 2.45) is 0 Å². The molecule has 9 nitrogen and oxygen atoms in total. The van der Waals surface area contributed by atoms with Crippen molar-refractivity contribution in [2.75, 3.05) is 5.73 Å². The van der Waals surface area contributed by atoms with E-state index in [2.05, 4.69) is 20.3 Å². The normalized spacial score (nSPS) is 11.0. The number of anilines is 1. The van der Waals surface area contributed by atoms with E-state index >= 15 is 0 Å². The summed E-state index contributed by atoms with van der Waals surface area (Å²) in [5.74, 6) is -1.53.